The van der Waals surface area contributed by atoms with E-state index in [9.17, 15) is 4.79 Å². The van der Waals surface area contributed by atoms with E-state index >= 15 is 0 Å². The van der Waals surface area contributed by atoms with E-state index in [0.29, 0.717) is 0 Å². The number of rotatable bonds is 2. The average Bonchev–Trinajstić information content (AvgIpc) is 3.07. The lowest BCUT2D eigenvalue weighted by molar-refractivity contribution is -0.112. The maximum atomic E-state index is 12.5. The second kappa shape index (κ2) is 5.68. The number of Topliss-reactive ketones (excluding diaryl/α,β-unsaturated/α-hetero) is 1. The van der Waals surface area contributed by atoms with E-state index in [0.717, 1.165) is 30.4 Å². The van der Waals surface area contributed by atoms with Crippen LogP contribution in [0.4, 0.5) is 0 Å². The molecule has 1 nitrogen and oxygen atoms in total. The van der Waals surface area contributed by atoms with Crippen LogP contribution < -0.4 is 0 Å². The molecule has 1 aliphatic carbocycles. The van der Waals surface area contributed by atoms with Gasteiger partial charge < -0.3 is 0 Å². The van der Waals surface area contributed by atoms with Gasteiger partial charge in [-0.3, -0.25) is 4.79 Å². The topological polar surface area (TPSA) is 17.1 Å². The first-order valence-electron chi connectivity index (χ1n) is 6.36. The van der Waals surface area contributed by atoms with Gasteiger partial charge in [0.25, 0.3) is 0 Å². The van der Waals surface area contributed by atoms with E-state index in [1.807, 2.05) is 22.9 Å². The molecule has 0 unspecified atom stereocenters. The zero-order valence-electron chi connectivity index (χ0n) is 10.5. The quantitative estimate of drug-likeness (QED) is 0.708. The number of hydrogen-bond donors (Lipinski definition) is 0. The molecule has 0 aromatic carbocycles. The van der Waals surface area contributed by atoms with Gasteiger partial charge in [-0.2, -0.15) is 0 Å². The van der Waals surface area contributed by atoms with E-state index < -0.39 is 0 Å². The van der Waals surface area contributed by atoms with Crippen molar-refractivity contribution in [2.75, 3.05) is 0 Å². The van der Waals surface area contributed by atoms with Crippen molar-refractivity contribution in [2.24, 2.45) is 0 Å². The summed E-state index contributed by atoms with van der Waals surface area (Å²) >= 11 is 3.36. The number of ketones is 1. The number of allylic oxidation sites excluding steroid dienone is 2. The molecule has 96 valence electrons. The Bertz CT molecular complexity index is 562. The smallest absolute Gasteiger partial charge is 0.185 e. The summed E-state index contributed by atoms with van der Waals surface area (Å²) in [5, 5.41) is 4.09. The first kappa shape index (κ1) is 12.6. The molecule has 2 heterocycles. The Morgan fingerprint density at radius 2 is 1.42 bits per heavy atom. The van der Waals surface area contributed by atoms with Gasteiger partial charge in [-0.15, -0.1) is 22.7 Å². The molecule has 3 rings (SSSR count). The SMILES string of the molecule is O=C1C(=Cc2cccs2)CCC/C1=C\c1cccs1. The summed E-state index contributed by atoms with van der Waals surface area (Å²) in [4.78, 5) is 14.8. The van der Waals surface area contributed by atoms with E-state index in [1.54, 1.807) is 22.7 Å². The van der Waals surface area contributed by atoms with Crippen LogP contribution in [0.3, 0.4) is 0 Å². The fourth-order valence-corrected chi connectivity index (χ4v) is 3.63. The van der Waals surface area contributed by atoms with Gasteiger partial charge in [-0.25, -0.2) is 0 Å². The first-order valence-corrected chi connectivity index (χ1v) is 8.12. The molecule has 1 saturated carbocycles. The summed E-state index contributed by atoms with van der Waals surface area (Å²) in [6, 6.07) is 8.16. The normalized spacial score (nSPS) is 20.3. The molecule has 2 aromatic rings. The molecule has 0 spiro atoms. The molecular formula is C16H14OS2. The van der Waals surface area contributed by atoms with E-state index in [4.69, 9.17) is 0 Å². The van der Waals surface area contributed by atoms with Gasteiger partial charge in [0.05, 0.1) is 0 Å². The Balaban J connectivity index is 1.87. The van der Waals surface area contributed by atoms with Crippen molar-refractivity contribution in [1.29, 1.82) is 0 Å². The Hall–Kier alpha value is -1.45. The summed E-state index contributed by atoms with van der Waals surface area (Å²) in [5.74, 6) is 0.230. The number of carbonyl (C=O) groups excluding carboxylic acids is 1. The molecule has 19 heavy (non-hydrogen) atoms. The lowest BCUT2D eigenvalue weighted by atomic mass is 9.88. The fraction of sp³-hybridized carbons (Fsp3) is 0.188. The summed E-state index contributed by atoms with van der Waals surface area (Å²) in [7, 11) is 0. The molecule has 1 fully saturated rings. The molecule has 0 bridgehead atoms. The van der Waals surface area contributed by atoms with Crippen molar-refractivity contribution in [3.8, 4) is 0 Å². The minimum absolute atomic E-state index is 0.230. The van der Waals surface area contributed by atoms with E-state index in [-0.39, 0.29) is 5.78 Å². The Kier molecular flexibility index (Phi) is 3.76. The van der Waals surface area contributed by atoms with Crippen LogP contribution in [0.1, 0.15) is 29.0 Å². The maximum Gasteiger partial charge on any atom is 0.185 e. The van der Waals surface area contributed by atoms with Crippen molar-refractivity contribution in [2.45, 2.75) is 19.3 Å². The lowest BCUT2D eigenvalue weighted by Crippen LogP contribution is -2.11. The van der Waals surface area contributed by atoms with Crippen molar-refractivity contribution in [1.82, 2.24) is 0 Å². The molecule has 2 aromatic heterocycles. The van der Waals surface area contributed by atoms with Gasteiger partial charge >= 0.3 is 0 Å². The van der Waals surface area contributed by atoms with Gasteiger partial charge in [0.1, 0.15) is 0 Å². The monoisotopic (exact) mass is 286 g/mol. The van der Waals surface area contributed by atoms with Crippen LogP contribution in [0.2, 0.25) is 0 Å². The second-order valence-corrected chi connectivity index (χ2v) is 6.51. The number of carbonyl (C=O) groups is 1. The zero-order chi connectivity index (χ0) is 13.1. The van der Waals surface area contributed by atoms with Crippen LogP contribution in [-0.4, -0.2) is 5.78 Å². The molecular weight excluding hydrogens is 272 g/mol. The van der Waals surface area contributed by atoms with Crippen LogP contribution in [0.25, 0.3) is 12.2 Å². The van der Waals surface area contributed by atoms with Crippen LogP contribution in [0.5, 0.6) is 0 Å². The molecule has 0 atom stereocenters. The third-order valence-corrected chi connectivity index (χ3v) is 4.83. The van der Waals surface area contributed by atoms with Gasteiger partial charge in [-0.05, 0) is 54.3 Å². The number of thiophene rings is 2. The van der Waals surface area contributed by atoms with Crippen molar-refractivity contribution in [3.05, 3.63) is 55.9 Å². The Morgan fingerprint density at radius 1 is 0.895 bits per heavy atom. The molecule has 1 aliphatic rings. The third kappa shape index (κ3) is 2.94. The van der Waals surface area contributed by atoms with Crippen LogP contribution in [0.15, 0.2) is 46.2 Å². The molecule has 3 heteroatoms. The average molecular weight is 286 g/mol. The van der Waals surface area contributed by atoms with E-state index in [1.165, 1.54) is 9.75 Å². The predicted octanol–water partition coefficient (Wildman–Crippen LogP) is 5.03. The highest BCUT2D eigenvalue weighted by Gasteiger charge is 2.20. The summed E-state index contributed by atoms with van der Waals surface area (Å²) in [6.07, 6.45) is 6.97. The maximum absolute atomic E-state index is 12.5. The predicted molar refractivity (Wildman–Crippen MR) is 83.5 cm³/mol. The highest BCUT2D eigenvalue weighted by Crippen LogP contribution is 2.29. The molecule has 0 N–H and O–H groups in total. The van der Waals surface area contributed by atoms with Crippen LogP contribution in [0, 0.1) is 0 Å². The van der Waals surface area contributed by atoms with Gasteiger partial charge in [0.15, 0.2) is 5.78 Å². The second-order valence-electron chi connectivity index (χ2n) is 4.55. The van der Waals surface area contributed by atoms with Gasteiger partial charge in [0.2, 0.25) is 0 Å². The zero-order valence-corrected chi connectivity index (χ0v) is 12.1. The third-order valence-electron chi connectivity index (χ3n) is 3.19. The molecule has 0 aliphatic heterocycles. The lowest BCUT2D eigenvalue weighted by Gasteiger charge is -2.15. The largest absolute Gasteiger partial charge is 0.289 e. The Labute approximate surface area is 120 Å². The minimum Gasteiger partial charge on any atom is -0.289 e. The van der Waals surface area contributed by atoms with Crippen molar-refractivity contribution >= 4 is 40.6 Å². The first-order chi connectivity index (χ1) is 9.33. The van der Waals surface area contributed by atoms with E-state index in [2.05, 4.69) is 24.3 Å². The summed E-state index contributed by atoms with van der Waals surface area (Å²) in [5.41, 5.74) is 1.91. The van der Waals surface area contributed by atoms with Crippen molar-refractivity contribution in [3.63, 3.8) is 0 Å². The standard InChI is InChI=1S/C16H14OS2/c17-16-12(10-14-6-2-8-18-14)4-1-5-13(16)11-15-7-3-9-19-15/h2-3,6-11H,1,4-5H2/b12-10+,13-11?. The number of hydrogen-bond acceptors (Lipinski definition) is 3. The fourth-order valence-electron chi connectivity index (χ4n) is 2.27. The highest BCUT2D eigenvalue weighted by atomic mass is 32.1. The Morgan fingerprint density at radius 3 is 1.84 bits per heavy atom. The van der Waals surface area contributed by atoms with Gasteiger partial charge in [0, 0.05) is 20.9 Å². The van der Waals surface area contributed by atoms with Crippen molar-refractivity contribution < 1.29 is 4.79 Å². The molecule has 0 amide bonds. The van der Waals surface area contributed by atoms with Crippen LogP contribution >= 0.6 is 22.7 Å². The highest BCUT2D eigenvalue weighted by molar-refractivity contribution is 7.11. The molecule has 0 radical (unpaired) electrons. The van der Waals surface area contributed by atoms with Gasteiger partial charge in [-0.1, -0.05) is 12.1 Å². The molecule has 0 saturated heterocycles. The van der Waals surface area contributed by atoms with Crippen LogP contribution in [-0.2, 0) is 4.79 Å². The minimum atomic E-state index is 0.230. The summed E-state index contributed by atoms with van der Waals surface area (Å²) in [6.45, 7) is 0. The summed E-state index contributed by atoms with van der Waals surface area (Å²) < 4.78 is 0.